The number of fused-ring (bicyclic) bond motifs is 2. The zero-order valence-corrected chi connectivity index (χ0v) is 13.3. The van der Waals surface area contributed by atoms with Crippen LogP contribution in [0.25, 0.3) is 0 Å². The van der Waals surface area contributed by atoms with Crippen LogP contribution in [0.1, 0.15) is 13.3 Å². The minimum Gasteiger partial charge on any atom is -0.371 e. The molecular weight excluding hydrogens is 304 g/mol. The highest BCUT2D eigenvalue weighted by molar-refractivity contribution is 7.89. The monoisotopic (exact) mass is 324 g/mol. The second-order valence-corrected chi connectivity index (χ2v) is 7.97. The van der Waals surface area contributed by atoms with E-state index in [0.717, 1.165) is 5.69 Å². The molecule has 2 aliphatic rings. The first-order valence-electron chi connectivity index (χ1n) is 7.49. The van der Waals surface area contributed by atoms with Crippen LogP contribution in [0, 0.1) is 5.92 Å². The molecule has 1 amide bonds. The lowest BCUT2D eigenvalue weighted by atomic mass is 9.99. The van der Waals surface area contributed by atoms with E-state index in [4.69, 9.17) is 4.74 Å². The van der Waals surface area contributed by atoms with Crippen molar-refractivity contribution in [2.24, 2.45) is 5.92 Å². The van der Waals surface area contributed by atoms with Gasteiger partial charge in [-0.2, -0.15) is 4.31 Å². The molecule has 22 heavy (non-hydrogen) atoms. The van der Waals surface area contributed by atoms with E-state index in [1.54, 1.807) is 6.92 Å². The van der Waals surface area contributed by atoms with Crippen LogP contribution in [0.2, 0.25) is 0 Å². The van der Waals surface area contributed by atoms with Gasteiger partial charge in [-0.25, -0.2) is 8.42 Å². The number of benzene rings is 1. The minimum atomic E-state index is -3.23. The van der Waals surface area contributed by atoms with Crippen molar-refractivity contribution in [1.82, 2.24) is 4.31 Å². The molecule has 0 radical (unpaired) electrons. The molecule has 1 N–H and O–H groups in total. The molecule has 6 nitrogen and oxygen atoms in total. The average molecular weight is 324 g/mol. The Kier molecular flexibility index (Phi) is 4.20. The van der Waals surface area contributed by atoms with Crippen LogP contribution in [-0.4, -0.2) is 49.7 Å². The van der Waals surface area contributed by atoms with Gasteiger partial charge in [0.2, 0.25) is 15.9 Å². The third-order valence-corrected chi connectivity index (χ3v) is 6.07. The van der Waals surface area contributed by atoms with Gasteiger partial charge in [0.15, 0.2) is 0 Å². The van der Waals surface area contributed by atoms with Crippen molar-refractivity contribution >= 4 is 21.6 Å². The fraction of sp³-hybridized carbons (Fsp3) is 0.533. The van der Waals surface area contributed by atoms with Crippen LogP contribution in [0.4, 0.5) is 5.69 Å². The van der Waals surface area contributed by atoms with E-state index in [1.165, 1.54) is 4.31 Å². The van der Waals surface area contributed by atoms with E-state index in [-0.39, 0.29) is 36.3 Å². The summed E-state index contributed by atoms with van der Waals surface area (Å²) in [6.07, 6.45) is 0.0226. The number of rotatable bonds is 4. The van der Waals surface area contributed by atoms with Crippen LogP contribution in [-0.2, 0) is 19.6 Å². The average Bonchev–Trinajstić information content (AvgIpc) is 2.82. The molecular formula is C15H20N2O4S. The Labute approximate surface area is 130 Å². The Balaban J connectivity index is 1.69. The number of carbonyl (C=O) groups is 1. The summed E-state index contributed by atoms with van der Waals surface area (Å²) in [4.78, 5) is 12.4. The molecule has 2 saturated heterocycles. The smallest absolute Gasteiger partial charge is 0.230 e. The predicted molar refractivity (Wildman–Crippen MR) is 82.9 cm³/mol. The molecule has 0 aromatic heterocycles. The van der Waals surface area contributed by atoms with Crippen molar-refractivity contribution in [3.05, 3.63) is 30.3 Å². The fourth-order valence-corrected chi connectivity index (χ4v) is 4.20. The van der Waals surface area contributed by atoms with Crippen molar-refractivity contribution in [1.29, 1.82) is 0 Å². The summed E-state index contributed by atoms with van der Waals surface area (Å²) >= 11 is 0. The van der Waals surface area contributed by atoms with Gasteiger partial charge in [0.05, 0.1) is 23.9 Å². The Morgan fingerprint density at radius 2 is 2.05 bits per heavy atom. The van der Waals surface area contributed by atoms with E-state index >= 15 is 0 Å². The van der Waals surface area contributed by atoms with Crippen LogP contribution >= 0.6 is 0 Å². The SMILES string of the molecule is CCS(=O)(=O)N1C[C@H]2C[C@H](C(=O)Nc3ccccc3)[C@@H](C1)O2. The quantitative estimate of drug-likeness (QED) is 0.899. The van der Waals surface area contributed by atoms with E-state index in [1.807, 2.05) is 30.3 Å². The number of sulfonamides is 1. The zero-order chi connectivity index (χ0) is 15.7. The predicted octanol–water partition coefficient (Wildman–Crippen LogP) is 1.06. The summed E-state index contributed by atoms with van der Waals surface area (Å²) in [5.41, 5.74) is 0.743. The largest absolute Gasteiger partial charge is 0.371 e. The van der Waals surface area contributed by atoms with Gasteiger partial charge in [-0.15, -0.1) is 0 Å². The summed E-state index contributed by atoms with van der Waals surface area (Å²) < 4.78 is 31.3. The molecule has 0 saturated carbocycles. The summed E-state index contributed by atoms with van der Waals surface area (Å²) in [6, 6.07) is 9.25. The van der Waals surface area contributed by atoms with Crippen molar-refractivity contribution in [2.75, 3.05) is 24.2 Å². The topological polar surface area (TPSA) is 75.7 Å². The maximum absolute atomic E-state index is 12.4. The summed E-state index contributed by atoms with van der Waals surface area (Å²) in [5.74, 6) is -0.329. The number of ether oxygens (including phenoxy) is 1. The van der Waals surface area contributed by atoms with Gasteiger partial charge in [0.1, 0.15) is 0 Å². The Bertz CT molecular complexity index is 647. The first-order chi connectivity index (χ1) is 10.5. The number of amides is 1. The standard InChI is InChI=1S/C15H20N2O4S/c1-2-22(19,20)17-9-12-8-13(14(10-17)21-12)15(18)16-11-6-4-3-5-7-11/h3-7,12-14H,2,8-10H2,1H3,(H,16,18)/t12-,13+,14-/m1/s1. The number of hydrogen-bond acceptors (Lipinski definition) is 4. The maximum Gasteiger partial charge on any atom is 0.230 e. The molecule has 1 aromatic carbocycles. The number of para-hydroxylation sites is 1. The third-order valence-electron chi connectivity index (χ3n) is 4.26. The summed E-state index contributed by atoms with van der Waals surface area (Å²) in [7, 11) is -3.23. The van der Waals surface area contributed by atoms with E-state index in [9.17, 15) is 13.2 Å². The number of hydrogen-bond donors (Lipinski definition) is 1. The molecule has 0 unspecified atom stereocenters. The fourth-order valence-electron chi connectivity index (χ4n) is 3.06. The van der Waals surface area contributed by atoms with Gasteiger partial charge < -0.3 is 10.1 Å². The lowest BCUT2D eigenvalue weighted by Gasteiger charge is -2.31. The first-order valence-corrected chi connectivity index (χ1v) is 9.09. The lowest BCUT2D eigenvalue weighted by Crippen LogP contribution is -2.47. The highest BCUT2D eigenvalue weighted by Gasteiger charge is 2.46. The molecule has 2 aliphatic heterocycles. The Morgan fingerprint density at radius 3 is 2.73 bits per heavy atom. The van der Waals surface area contributed by atoms with Gasteiger partial charge >= 0.3 is 0 Å². The van der Waals surface area contributed by atoms with Crippen molar-refractivity contribution in [3.8, 4) is 0 Å². The molecule has 7 heteroatoms. The lowest BCUT2D eigenvalue weighted by molar-refractivity contribution is -0.122. The van der Waals surface area contributed by atoms with Crippen LogP contribution in [0.3, 0.4) is 0 Å². The number of anilines is 1. The minimum absolute atomic E-state index is 0.0767. The summed E-state index contributed by atoms with van der Waals surface area (Å²) in [5, 5.41) is 2.88. The number of carbonyl (C=O) groups excluding carboxylic acids is 1. The Morgan fingerprint density at radius 1 is 1.32 bits per heavy atom. The van der Waals surface area contributed by atoms with Gasteiger partial charge in [-0.1, -0.05) is 18.2 Å². The molecule has 3 rings (SSSR count). The molecule has 1 aromatic rings. The molecule has 0 aliphatic carbocycles. The van der Waals surface area contributed by atoms with Gasteiger partial charge in [0, 0.05) is 18.8 Å². The summed E-state index contributed by atoms with van der Waals surface area (Å²) in [6.45, 7) is 2.24. The molecule has 120 valence electrons. The molecule has 3 atom stereocenters. The van der Waals surface area contributed by atoms with Crippen molar-refractivity contribution in [2.45, 2.75) is 25.6 Å². The van der Waals surface area contributed by atoms with Crippen molar-refractivity contribution < 1.29 is 17.9 Å². The molecule has 2 heterocycles. The van der Waals surface area contributed by atoms with Gasteiger partial charge in [-0.3, -0.25) is 4.79 Å². The van der Waals surface area contributed by atoms with Crippen LogP contribution < -0.4 is 5.32 Å². The highest BCUT2D eigenvalue weighted by Crippen LogP contribution is 2.33. The molecule has 2 bridgehead atoms. The number of nitrogens with zero attached hydrogens (tertiary/aromatic N) is 1. The second-order valence-electron chi connectivity index (χ2n) is 5.71. The van der Waals surface area contributed by atoms with E-state index < -0.39 is 10.0 Å². The van der Waals surface area contributed by atoms with E-state index in [2.05, 4.69) is 5.32 Å². The third kappa shape index (κ3) is 3.02. The normalized spacial score (nSPS) is 28.5. The van der Waals surface area contributed by atoms with Crippen molar-refractivity contribution in [3.63, 3.8) is 0 Å². The van der Waals surface area contributed by atoms with Gasteiger partial charge in [0.25, 0.3) is 0 Å². The molecule has 2 fully saturated rings. The molecule has 0 spiro atoms. The Hall–Kier alpha value is -1.44. The van der Waals surface area contributed by atoms with Crippen LogP contribution in [0.15, 0.2) is 30.3 Å². The number of nitrogens with one attached hydrogen (secondary N) is 1. The highest BCUT2D eigenvalue weighted by atomic mass is 32.2. The van der Waals surface area contributed by atoms with Crippen LogP contribution in [0.5, 0.6) is 0 Å². The first kappa shape index (κ1) is 15.5. The zero-order valence-electron chi connectivity index (χ0n) is 12.4. The maximum atomic E-state index is 12.4. The second kappa shape index (κ2) is 5.98. The number of morpholine rings is 1. The van der Waals surface area contributed by atoms with E-state index in [0.29, 0.717) is 13.0 Å². The van der Waals surface area contributed by atoms with Gasteiger partial charge in [-0.05, 0) is 25.5 Å².